The molecule has 29 heavy (non-hydrogen) atoms. The zero-order valence-electron chi connectivity index (χ0n) is 15.7. The first kappa shape index (κ1) is 18.8. The van der Waals surface area contributed by atoms with Crippen molar-refractivity contribution in [2.24, 2.45) is 5.73 Å². The maximum atomic E-state index is 12.8. The van der Waals surface area contributed by atoms with Gasteiger partial charge in [0.25, 0.3) is 5.91 Å². The van der Waals surface area contributed by atoms with Crippen LogP contribution < -0.4 is 5.73 Å². The quantitative estimate of drug-likeness (QED) is 0.740. The summed E-state index contributed by atoms with van der Waals surface area (Å²) in [4.78, 5) is 34.9. The highest BCUT2D eigenvalue weighted by molar-refractivity contribution is 5.94. The molecule has 0 unspecified atom stereocenters. The van der Waals surface area contributed by atoms with Crippen molar-refractivity contribution in [3.05, 3.63) is 83.8 Å². The van der Waals surface area contributed by atoms with E-state index in [1.54, 1.807) is 53.7 Å². The van der Waals surface area contributed by atoms with E-state index in [0.717, 1.165) is 5.56 Å². The molecule has 0 radical (unpaired) electrons. The second kappa shape index (κ2) is 8.20. The van der Waals surface area contributed by atoms with Crippen LogP contribution in [0.2, 0.25) is 0 Å². The molecular formula is C22H20N4O3. The number of morpholine rings is 1. The number of rotatable bonds is 4. The number of carbonyl (C=O) groups excluding carboxylic acids is 2. The number of aromatic nitrogens is 2. The van der Waals surface area contributed by atoms with Crippen LogP contribution in [0.5, 0.6) is 0 Å². The molecule has 2 heterocycles. The molecule has 0 spiro atoms. The number of hydrogen-bond donors (Lipinski definition) is 1. The number of nitrogens with two attached hydrogens (primary N) is 1. The zero-order valence-corrected chi connectivity index (χ0v) is 15.7. The summed E-state index contributed by atoms with van der Waals surface area (Å²) in [5.41, 5.74) is 8.50. The van der Waals surface area contributed by atoms with Crippen molar-refractivity contribution in [1.82, 2.24) is 14.9 Å². The Bertz CT molecular complexity index is 1020. The summed E-state index contributed by atoms with van der Waals surface area (Å²) in [5, 5.41) is 0. The van der Waals surface area contributed by atoms with Gasteiger partial charge in [-0.3, -0.25) is 19.6 Å². The molecule has 1 aromatic heterocycles. The number of benzene rings is 2. The van der Waals surface area contributed by atoms with Gasteiger partial charge >= 0.3 is 0 Å². The van der Waals surface area contributed by atoms with Gasteiger partial charge in [0.1, 0.15) is 6.10 Å². The smallest absolute Gasteiger partial charge is 0.254 e. The molecular weight excluding hydrogens is 368 g/mol. The van der Waals surface area contributed by atoms with E-state index < -0.39 is 12.0 Å². The van der Waals surface area contributed by atoms with Crippen LogP contribution in [0.25, 0.3) is 11.3 Å². The van der Waals surface area contributed by atoms with E-state index in [0.29, 0.717) is 42.2 Å². The van der Waals surface area contributed by atoms with Crippen LogP contribution in [0, 0.1) is 0 Å². The Morgan fingerprint density at radius 1 is 0.966 bits per heavy atom. The number of ether oxygens (including phenoxy) is 1. The molecule has 1 saturated heterocycles. The van der Waals surface area contributed by atoms with Crippen molar-refractivity contribution in [3.8, 4) is 11.3 Å². The van der Waals surface area contributed by atoms with Crippen molar-refractivity contribution in [2.45, 2.75) is 6.10 Å². The molecule has 2 amide bonds. The topological polar surface area (TPSA) is 98.4 Å². The van der Waals surface area contributed by atoms with Crippen LogP contribution in [-0.2, 0) is 4.74 Å². The predicted octanol–water partition coefficient (Wildman–Crippen LogP) is 2.46. The van der Waals surface area contributed by atoms with Crippen molar-refractivity contribution in [3.63, 3.8) is 0 Å². The van der Waals surface area contributed by atoms with Crippen molar-refractivity contribution >= 4 is 11.8 Å². The number of amides is 2. The van der Waals surface area contributed by atoms with Crippen LogP contribution in [-0.4, -0.2) is 46.4 Å². The first-order valence-corrected chi connectivity index (χ1v) is 9.30. The number of primary amides is 1. The molecule has 1 aliphatic rings. The lowest BCUT2D eigenvalue weighted by Gasteiger charge is -2.33. The van der Waals surface area contributed by atoms with Gasteiger partial charge in [0, 0.05) is 35.6 Å². The fraction of sp³-hybridized carbons (Fsp3) is 0.182. The second-order valence-corrected chi connectivity index (χ2v) is 6.71. The van der Waals surface area contributed by atoms with Crippen LogP contribution in [0.15, 0.2) is 67.0 Å². The predicted molar refractivity (Wildman–Crippen MR) is 107 cm³/mol. The van der Waals surface area contributed by atoms with Gasteiger partial charge in [-0.25, -0.2) is 0 Å². The average molecular weight is 388 g/mol. The number of carbonyl (C=O) groups is 2. The molecule has 2 aromatic carbocycles. The van der Waals surface area contributed by atoms with Gasteiger partial charge in [-0.15, -0.1) is 0 Å². The lowest BCUT2D eigenvalue weighted by molar-refractivity contribution is -0.0246. The third kappa shape index (κ3) is 4.00. The van der Waals surface area contributed by atoms with E-state index in [2.05, 4.69) is 9.97 Å². The van der Waals surface area contributed by atoms with Crippen LogP contribution in [0.3, 0.4) is 0 Å². The van der Waals surface area contributed by atoms with E-state index in [4.69, 9.17) is 10.5 Å². The second-order valence-electron chi connectivity index (χ2n) is 6.71. The van der Waals surface area contributed by atoms with Crippen LogP contribution in [0.1, 0.15) is 32.5 Å². The SMILES string of the molecule is NC(=O)c1ccc(-c2nccnc2[C@H]2CN(C(=O)c3ccccc3)CCO2)cc1. The minimum atomic E-state index is -0.485. The molecule has 1 fully saturated rings. The minimum Gasteiger partial charge on any atom is -0.368 e. The molecule has 3 aromatic rings. The summed E-state index contributed by atoms with van der Waals surface area (Å²) in [6, 6.07) is 16.1. The van der Waals surface area contributed by atoms with Gasteiger partial charge in [-0.05, 0) is 24.3 Å². The average Bonchev–Trinajstić information content (AvgIpc) is 2.79. The normalized spacial score (nSPS) is 16.4. The molecule has 7 nitrogen and oxygen atoms in total. The van der Waals surface area contributed by atoms with E-state index in [1.807, 2.05) is 18.2 Å². The summed E-state index contributed by atoms with van der Waals surface area (Å²) < 4.78 is 5.93. The van der Waals surface area contributed by atoms with E-state index in [-0.39, 0.29) is 5.91 Å². The van der Waals surface area contributed by atoms with Gasteiger partial charge in [0.15, 0.2) is 0 Å². The molecule has 2 N–H and O–H groups in total. The first-order valence-electron chi connectivity index (χ1n) is 9.30. The highest BCUT2D eigenvalue weighted by Gasteiger charge is 2.29. The Morgan fingerprint density at radius 2 is 1.69 bits per heavy atom. The molecule has 0 saturated carbocycles. The summed E-state index contributed by atoms with van der Waals surface area (Å²) in [5.74, 6) is -0.517. The Hall–Kier alpha value is -3.58. The summed E-state index contributed by atoms with van der Waals surface area (Å²) >= 11 is 0. The largest absolute Gasteiger partial charge is 0.368 e. The highest BCUT2D eigenvalue weighted by atomic mass is 16.5. The lowest BCUT2D eigenvalue weighted by atomic mass is 10.0. The summed E-state index contributed by atoms with van der Waals surface area (Å²) in [7, 11) is 0. The van der Waals surface area contributed by atoms with Gasteiger partial charge in [0.2, 0.25) is 5.91 Å². The maximum Gasteiger partial charge on any atom is 0.254 e. The van der Waals surface area contributed by atoms with E-state index in [9.17, 15) is 9.59 Å². The minimum absolute atomic E-state index is 0.0323. The van der Waals surface area contributed by atoms with E-state index in [1.165, 1.54) is 0 Å². The van der Waals surface area contributed by atoms with Crippen molar-refractivity contribution < 1.29 is 14.3 Å². The molecule has 1 atom stereocenters. The molecule has 146 valence electrons. The van der Waals surface area contributed by atoms with Gasteiger partial charge in [-0.2, -0.15) is 0 Å². The Balaban J connectivity index is 1.60. The molecule has 0 aliphatic carbocycles. The third-order valence-corrected chi connectivity index (χ3v) is 4.85. The van der Waals surface area contributed by atoms with E-state index >= 15 is 0 Å². The Kier molecular flexibility index (Phi) is 5.31. The van der Waals surface area contributed by atoms with Crippen LogP contribution in [0.4, 0.5) is 0 Å². The molecule has 0 bridgehead atoms. The Morgan fingerprint density at radius 3 is 2.41 bits per heavy atom. The molecule has 1 aliphatic heterocycles. The van der Waals surface area contributed by atoms with Gasteiger partial charge in [0.05, 0.1) is 24.5 Å². The molecule has 4 rings (SSSR count). The number of hydrogen-bond acceptors (Lipinski definition) is 5. The fourth-order valence-electron chi connectivity index (χ4n) is 3.36. The lowest BCUT2D eigenvalue weighted by Crippen LogP contribution is -2.42. The summed E-state index contributed by atoms with van der Waals surface area (Å²) in [6.45, 7) is 1.33. The Labute approximate surface area is 168 Å². The van der Waals surface area contributed by atoms with Gasteiger partial charge in [-0.1, -0.05) is 30.3 Å². The van der Waals surface area contributed by atoms with Crippen molar-refractivity contribution in [2.75, 3.05) is 19.7 Å². The third-order valence-electron chi connectivity index (χ3n) is 4.85. The standard InChI is InChI=1S/C22H20N4O3/c23-21(27)16-8-6-15(7-9-16)19-20(25-11-10-24-19)18-14-26(12-13-29-18)22(28)17-4-2-1-3-5-17/h1-11,18H,12-14H2,(H2,23,27)/t18-/m1/s1. The first-order chi connectivity index (χ1) is 14.1. The summed E-state index contributed by atoms with van der Waals surface area (Å²) in [6.07, 6.45) is 2.82. The van der Waals surface area contributed by atoms with Crippen molar-refractivity contribution in [1.29, 1.82) is 0 Å². The number of nitrogens with zero attached hydrogens (tertiary/aromatic N) is 3. The molecule has 7 heteroatoms. The van der Waals surface area contributed by atoms with Crippen LogP contribution >= 0.6 is 0 Å². The highest BCUT2D eigenvalue weighted by Crippen LogP contribution is 2.29. The fourth-order valence-corrected chi connectivity index (χ4v) is 3.36. The monoisotopic (exact) mass is 388 g/mol. The van der Waals surface area contributed by atoms with Gasteiger partial charge < -0.3 is 15.4 Å². The zero-order chi connectivity index (χ0) is 20.2. The maximum absolute atomic E-state index is 12.8.